The Labute approximate surface area is 87.3 Å². The zero-order valence-corrected chi connectivity index (χ0v) is 8.41. The van der Waals surface area contributed by atoms with Crippen LogP contribution in [0.3, 0.4) is 0 Å². The molecule has 0 radical (unpaired) electrons. The van der Waals surface area contributed by atoms with E-state index in [1.807, 2.05) is 6.07 Å². The van der Waals surface area contributed by atoms with Crippen LogP contribution in [0, 0.1) is 11.5 Å². The average Bonchev–Trinajstić information content (AvgIpc) is 2.20. The van der Waals surface area contributed by atoms with E-state index in [4.69, 9.17) is 16.9 Å². The number of likely N-dealkylation sites (N-methyl/N-ethyl adjacent to an activating group) is 1. The summed E-state index contributed by atoms with van der Waals surface area (Å²) in [5.41, 5.74) is 0.956. The van der Waals surface area contributed by atoms with Gasteiger partial charge in [0.1, 0.15) is 11.0 Å². The van der Waals surface area contributed by atoms with Gasteiger partial charge in [0.25, 0.3) is 0 Å². The zero-order chi connectivity index (χ0) is 10.4. The van der Waals surface area contributed by atoms with Gasteiger partial charge in [-0.2, -0.15) is 10.3 Å². The highest BCUT2D eigenvalue weighted by Gasteiger charge is 1.99. The molecule has 0 saturated heterocycles. The van der Waals surface area contributed by atoms with Crippen LogP contribution in [0.15, 0.2) is 23.3 Å². The van der Waals surface area contributed by atoms with E-state index in [0.29, 0.717) is 17.4 Å². The molecule has 0 aliphatic carbocycles. The molecule has 0 fully saturated rings. The van der Waals surface area contributed by atoms with Gasteiger partial charge in [-0.3, -0.25) is 0 Å². The second-order valence-electron chi connectivity index (χ2n) is 2.57. The third-order valence-electron chi connectivity index (χ3n) is 1.63. The van der Waals surface area contributed by atoms with Crippen LogP contribution in [0.1, 0.15) is 5.56 Å². The van der Waals surface area contributed by atoms with Crippen molar-refractivity contribution in [3.8, 4) is 6.19 Å². The number of rotatable bonds is 2. The summed E-state index contributed by atoms with van der Waals surface area (Å²) in [6.07, 6.45) is 3.94. The zero-order valence-electron chi connectivity index (χ0n) is 7.66. The summed E-state index contributed by atoms with van der Waals surface area (Å²) in [6.45, 7) is 0. The van der Waals surface area contributed by atoms with Gasteiger partial charge < -0.3 is 5.32 Å². The number of nitrogens with one attached hydrogen (secondary N) is 1. The fourth-order valence-electron chi connectivity index (χ4n) is 0.949. The number of aliphatic imine (C=N–C) groups is 1. The molecule has 0 spiro atoms. The van der Waals surface area contributed by atoms with Crippen LogP contribution in [0.4, 0.5) is 0 Å². The first-order chi connectivity index (χ1) is 6.76. The minimum atomic E-state index is 0.456. The lowest BCUT2D eigenvalue weighted by Gasteiger charge is -2.02. The molecule has 0 saturated carbocycles. The Kier molecular flexibility index (Phi) is 3.89. The van der Waals surface area contributed by atoms with Gasteiger partial charge in [-0.1, -0.05) is 17.7 Å². The van der Waals surface area contributed by atoms with Crippen molar-refractivity contribution in [1.82, 2.24) is 10.3 Å². The first-order valence-electron chi connectivity index (χ1n) is 4.00. The van der Waals surface area contributed by atoms with E-state index in [0.717, 1.165) is 5.56 Å². The van der Waals surface area contributed by atoms with Gasteiger partial charge in [-0.25, -0.2) is 4.98 Å². The summed E-state index contributed by atoms with van der Waals surface area (Å²) in [4.78, 5) is 7.54. The van der Waals surface area contributed by atoms with Crippen molar-refractivity contribution in [2.75, 3.05) is 7.05 Å². The van der Waals surface area contributed by atoms with Gasteiger partial charge >= 0.3 is 0 Å². The lowest BCUT2D eigenvalue weighted by atomic mass is 10.2. The Balaban J connectivity index is 2.74. The van der Waals surface area contributed by atoms with Gasteiger partial charge in [0, 0.05) is 19.7 Å². The highest BCUT2D eigenvalue weighted by Crippen LogP contribution is 2.05. The summed E-state index contributed by atoms with van der Waals surface area (Å²) < 4.78 is 0. The smallest absolute Gasteiger partial charge is 0.207 e. The Morgan fingerprint density at radius 3 is 3.00 bits per heavy atom. The van der Waals surface area contributed by atoms with E-state index in [9.17, 15) is 0 Å². The third kappa shape index (κ3) is 3.04. The van der Waals surface area contributed by atoms with Gasteiger partial charge in [0.05, 0.1) is 0 Å². The minimum Gasteiger partial charge on any atom is -0.376 e. The minimum absolute atomic E-state index is 0.456. The van der Waals surface area contributed by atoms with E-state index in [1.54, 1.807) is 25.5 Å². The molecular formula is C9H9ClN4. The summed E-state index contributed by atoms with van der Waals surface area (Å²) in [7, 11) is 1.72. The van der Waals surface area contributed by atoms with E-state index in [2.05, 4.69) is 15.3 Å². The highest BCUT2D eigenvalue weighted by atomic mass is 35.5. The van der Waals surface area contributed by atoms with E-state index >= 15 is 0 Å². The van der Waals surface area contributed by atoms with Crippen LogP contribution in [0.2, 0.25) is 5.15 Å². The van der Waals surface area contributed by atoms with Gasteiger partial charge in [-0.05, 0) is 11.6 Å². The Morgan fingerprint density at radius 2 is 2.50 bits per heavy atom. The Hall–Kier alpha value is -1.60. The number of hydrogen-bond acceptors (Lipinski definition) is 3. The average molecular weight is 209 g/mol. The van der Waals surface area contributed by atoms with E-state index in [-0.39, 0.29) is 0 Å². The van der Waals surface area contributed by atoms with Crippen LogP contribution >= 0.6 is 11.6 Å². The molecular weight excluding hydrogens is 200 g/mol. The van der Waals surface area contributed by atoms with Crippen molar-refractivity contribution in [1.29, 1.82) is 5.26 Å². The molecule has 72 valence electrons. The predicted molar refractivity (Wildman–Crippen MR) is 55.1 cm³/mol. The molecule has 0 aliphatic heterocycles. The fraction of sp³-hybridized carbons (Fsp3) is 0.222. The van der Waals surface area contributed by atoms with Crippen LogP contribution in [0.5, 0.6) is 0 Å². The van der Waals surface area contributed by atoms with Crippen molar-refractivity contribution < 1.29 is 0 Å². The lowest BCUT2D eigenvalue weighted by molar-refractivity contribution is 1.09. The predicted octanol–water partition coefficient (Wildman–Crippen LogP) is 1.38. The second-order valence-corrected chi connectivity index (χ2v) is 2.96. The van der Waals surface area contributed by atoms with Gasteiger partial charge in [-0.15, -0.1) is 0 Å². The summed E-state index contributed by atoms with van der Waals surface area (Å²) in [6, 6.07) is 3.55. The molecule has 5 heteroatoms. The van der Waals surface area contributed by atoms with Gasteiger partial charge in [0.2, 0.25) is 6.19 Å². The molecule has 0 bridgehead atoms. The molecule has 0 amide bonds. The molecule has 0 unspecified atom stereocenters. The SMILES string of the molecule is CN/C(Cc1ccc(Cl)nc1)=N/C#N. The molecule has 4 nitrogen and oxygen atoms in total. The normalized spacial score (nSPS) is 10.8. The first-order valence-corrected chi connectivity index (χ1v) is 4.38. The maximum atomic E-state index is 8.38. The van der Waals surface area contributed by atoms with Crippen molar-refractivity contribution in [2.45, 2.75) is 6.42 Å². The van der Waals surface area contributed by atoms with Crippen LogP contribution in [0.25, 0.3) is 0 Å². The molecule has 1 aromatic rings. The number of nitrogens with zero attached hydrogens (tertiary/aromatic N) is 3. The maximum absolute atomic E-state index is 8.38. The lowest BCUT2D eigenvalue weighted by Crippen LogP contribution is -2.20. The molecule has 0 aliphatic rings. The highest BCUT2D eigenvalue weighted by molar-refractivity contribution is 6.29. The molecule has 1 aromatic heterocycles. The number of amidine groups is 1. The van der Waals surface area contributed by atoms with Crippen LogP contribution < -0.4 is 5.32 Å². The quantitative estimate of drug-likeness (QED) is 0.346. The third-order valence-corrected chi connectivity index (χ3v) is 1.86. The number of hydrogen-bond donors (Lipinski definition) is 1. The fourth-order valence-corrected chi connectivity index (χ4v) is 1.06. The molecule has 1 N–H and O–H groups in total. The second kappa shape index (κ2) is 5.20. The number of halogens is 1. The molecule has 0 atom stereocenters. The van der Waals surface area contributed by atoms with Crippen molar-refractivity contribution >= 4 is 17.4 Å². The Morgan fingerprint density at radius 1 is 1.71 bits per heavy atom. The van der Waals surface area contributed by atoms with Crippen molar-refractivity contribution in [2.24, 2.45) is 4.99 Å². The Bertz CT molecular complexity index is 363. The molecule has 1 heterocycles. The topological polar surface area (TPSA) is 61.1 Å². The number of nitriles is 1. The largest absolute Gasteiger partial charge is 0.376 e. The first kappa shape index (κ1) is 10.5. The molecule has 1 rings (SSSR count). The monoisotopic (exact) mass is 208 g/mol. The van der Waals surface area contributed by atoms with Crippen molar-refractivity contribution in [3.05, 3.63) is 29.0 Å². The standard InChI is InChI=1S/C9H9ClN4/c1-12-9(14-6-11)4-7-2-3-8(10)13-5-7/h2-3,5H,4H2,1H3,(H,12,14). The van der Waals surface area contributed by atoms with Crippen molar-refractivity contribution in [3.63, 3.8) is 0 Å². The van der Waals surface area contributed by atoms with E-state index < -0.39 is 0 Å². The number of aromatic nitrogens is 1. The van der Waals surface area contributed by atoms with Gasteiger partial charge in [0.15, 0.2) is 0 Å². The number of pyridine rings is 1. The summed E-state index contributed by atoms with van der Waals surface area (Å²) >= 11 is 5.63. The summed E-state index contributed by atoms with van der Waals surface area (Å²) in [5, 5.41) is 11.7. The maximum Gasteiger partial charge on any atom is 0.207 e. The molecule has 0 aromatic carbocycles. The van der Waals surface area contributed by atoms with E-state index in [1.165, 1.54) is 0 Å². The van der Waals surface area contributed by atoms with Crippen LogP contribution in [-0.2, 0) is 6.42 Å². The summed E-state index contributed by atoms with van der Waals surface area (Å²) in [5.74, 6) is 0.608. The van der Waals surface area contributed by atoms with Crippen LogP contribution in [-0.4, -0.2) is 17.9 Å². The molecule has 14 heavy (non-hydrogen) atoms.